The minimum absolute atomic E-state index is 0.0152. The van der Waals surface area contributed by atoms with Crippen molar-refractivity contribution in [2.75, 3.05) is 26.7 Å². The molecule has 0 aromatic heterocycles. The van der Waals surface area contributed by atoms with Crippen molar-refractivity contribution in [3.05, 3.63) is 29.8 Å². The summed E-state index contributed by atoms with van der Waals surface area (Å²) in [4.78, 5) is 24.6. The van der Waals surface area contributed by atoms with E-state index in [4.69, 9.17) is 5.11 Å². The zero-order valence-corrected chi connectivity index (χ0v) is 14.9. The maximum absolute atomic E-state index is 12.8. The molecule has 2 saturated heterocycles. The van der Waals surface area contributed by atoms with Crippen LogP contribution >= 0.6 is 0 Å². The van der Waals surface area contributed by atoms with Gasteiger partial charge in [0.1, 0.15) is 0 Å². The molecule has 136 valence electrons. The number of aliphatic carboxylic acids is 1. The molecule has 0 spiro atoms. The molecule has 25 heavy (non-hydrogen) atoms. The Labute approximate surface area is 147 Å². The van der Waals surface area contributed by atoms with E-state index in [0.717, 1.165) is 5.56 Å². The van der Waals surface area contributed by atoms with Gasteiger partial charge in [-0.15, -0.1) is 0 Å². The van der Waals surface area contributed by atoms with E-state index in [9.17, 15) is 18.0 Å². The molecule has 1 aromatic rings. The topological polar surface area (TPSA) is 95.0 Å². The highest BCUT2D eigenvalue weighted by Crippen LogP contribution is 2.29. The minimum atomic E-state index is -3.70. The van der Waals surface area contributed by atoms with Gasteiger partial charge in [-0.3, -0.25) is 9.59 Å². The first kappa shape index (κ1) is 17.9. The number of carboxylic acid groups (broad SMARTS) is 1. The van der Waals surface area contributed by atoms with Gasteiger partial charge in [-0.1, -0.05) is 12.1 Å². The number of benzene rings is 1. The maximum Gasteiger partial charge on any atom is 0.307 e. The lowest BCUT2D eigenvalue weighted by molar-refractivity contribution is -0.142. The van der Waals surface area contributed by atoms with Crippen LogP contribution in [-0.2, 0) is 19.6 Å². The summed E-state index contributed by atoms with van der Waals surface area (Å²) in [5.74, 6) is -1.43. The fraction of sp³-hybridized carbons (Fsp3) is 0.529. The molecule has 3 rings (SSSR count). The summed E-state index contributed by atoms with van der Waals surface area (Å²) in [5, 5.41) is 9.14. The van der Waals surface area contributed by atoms with Crippen LogP contribution in [0.4, 0.5) is 0 Å². The summed E-state index contributed by atoms with van der Waals surface area (Å²) in [7, 11) is -1.94. The van der Waals surface area contributed by atoms with Crippen molar-refractivity contribution in [2.45, 2.75) is 30.1 Å². The number of carboxylic acids is 1. The SMILES string of the molecule is CN1CC(c2ccc(S(=O)(=O)N3CCC[C@@H](C(=O)O)C3)cc2)CC1=O. The Bertz CT molecular complexity index is 775. The monoisotopic (exact) mass is 366 g/mol. The molecule has 2 atom stereocenters. The molecule has 8 heteroatoms. The molecule has 2 heterocycles. The molecular weight excluding hydrogens is 344 g/mol. The number of piperidine rings is 1. The van der Waals surface area contributed by atoms with Crippen LogP contribution in [0.25, 0.3) is 0 Å². The minimum Gasteiger partial charge on any atom is -0.481 e. The average molecular weight is 366 g/mol. The van der Waals surface area contributed by atoms with Crippen LogP contribution in [0, 0.1) is 5.92 Å². The van der Waals surface area contributed by atoms with Gasteiger partial charge in [0, 0.05) is 39.0 Å². The van der Waals surface area contributed by atoms with Crippen molar-refractivity contribution < 1.29 is 23.1 Å². The van der Waals surface area contributed by atoms with Crippen LogP contribution in [0.2, 0.25) is 0 Å². The molecule has 2 aliphatic rings. The number of sulfonamides is 1. The van der Waals surface area contributed by atoms with Crippen LogP contribution in [0.1, 0.15) is 30.7 Å². The van der Waals surface area contributed by atoms with Gasteiger partial charge in [-0.2, -0.15) is 4.31 Å². The maximum atomic E-state index is 12.8. The van der Waals surface area contributed by atoms with Crippen molar-refractivity contribution in [1.82, 2.24) is 9.21 Å². The van der Waals surface area contributed by atoms with Gasteiger partial charge in [0.15, 0.2) is 0 Å². The number of nitrogens with zero attached hydrogens (tertiary/aromatic N) is 2. The van der Waals surface area contributed by atoms with Crippen LogP contribution in [0.3, 0.4) is 0 Å². The third-order valence-corrected chi connectivity index (χ3v) is 6.94. The molecule has 1 aromatic carbocycles. The number of likely N-dealkylation sites (N-methyl/N-ethyl adjacent to an activating group) is 1. The van der Waals surface area contributed by atoms with E-state index in [1.165, 1.54) is 4.31 Å². The third kappa shape index (κ3) is 3.55. The predicted octanol–water partition coefficient (Wildman–Crippen LogP) is 1.12. The lowest BCUT2D eigenvalue weighted by Crippen LogP contribution is -2.42. The van der Waals surface area contributed by atoms with E-state index >= 15 is 0 Å². The smallest absolute Gasteiger partial charge is 0.307 e. The van der Waals surface area contributed by atoms with E-state index in [1.54, 1.807) is 36.2 Å². The second-order valence-electron chi connectivity index (χ2n) is 6.78. The second-order valence-corrected chi connectivity index (χ2v) is 8.72. The zero-order valence-electron chi connectivity index (χ0n) is 14.1. The van der Waals surface area contributed by atoms with Gasteiger partial charge in [-0.25, -0.2) is 8.42 Å². The Hall–Kier alpha value is -1.93. The zero-order chi connectivity index (χ0) is 18.2. The van der Waals surface area contributed by atoms with Crippen molar-refractivity contribution >= 4 is 21.9 Å². The highest BCUT2D eigenvalue weighted by atomic mass is 32.2. The number of carbonyl (C=O) groups excluding carboxylic acids is 1. The molecule has 1 N–H and O–H groups in total. The van der Waals surface area contributed by atoms with Gasteiger partial charge < -0.3 is 10.0 Å². The predicted molar refractivity (Wildman–Crippen MR) is 90.6 cm³/mol. The molecule has 0 bridgehead atoms. The highest BCUT2D eigenvalue weighted by Gasteiger charge is 2.33. The summed E-state index contributed by atoms with van der Waals surface area (Å²) in [6, 6.07) is 6.61. The van der Waals surface area contributed by atoms with Gasteiger partial charge in [0.05, 0.1) is 10.8 Å². The molecule has 1 amide bonds. The molecule has 0 aliphatic carbocycles. The number of amides is 1. The second kappa shape index (κ2) is 6.76. The first-order valence-corrected chi connectivity index (χ1v) is 9.80. The average Bonchev–Trinajstić information content (AvgIpc) is 2.94. The van der Waals surface area contributed by atoms with E-state index < -0.39 is 21.9 Å². The van der Waals surface area contributed by atoms with Crippen molar-refractivity contribution in [1.29, 1.82) is 0 Å². The van der Waals surface area contributed by atoms with E-state index in [1.807, 2.05) is 0 Å². The number of hydrogen-bond donors (Lipinski definition) is 1. The first-order chi connectivity index (χ1) is 11.8. The van der Waals surface area contributed by atoms with Crippen molar-refractivity contribution in [3.63, 3.8) is 0 Å². The molecule has 7 nitrogen and oxygen atoms in total. The summed E-state index contributed by atoms with van der Waals surface area (Å²) in [6.07, 6.45) is 1.49. The van der Waals surface area contributed by atoms with Crippen LogP contribution in [0.15, 0.2) is 29.2 Å². The molecule has 1 unspecified atom stereocenters. The van der Waals surface area contributed by atoms with Gasteiger partial charge in [-0.05, 0) is 30.5 Å². The van der Waals surface area contributed by atoms with Gasteiger partial charge in [0.25, 0.3) is 0 Å². The standard InChI is InChI=1S/C17H22N2O5S/c1-18-10-14(9-16(18)20)12-4-6-15(7-5-12)25(23,24)19-8-2-3-13(11-19)17(21)22/h4-7,13-14H,2-3,8-11H2,1H3,(H,21,22)/t13-,14?/m1/s1. The first-order valence-electron chi connectivity index (χ1n) is 8.36. The quantitative estimate of drug-likeness (QED) is 0.862. The lowest BCUT2D eigenvalue weighted by Gasteiger charge is -2.29. The Morgan fingerprint density at radius 2 is 1.88 bits per heavy atom. The Morgan fingerprint density at radius 3 is 2.44 bits per heavy atom. The largest absolute Gasteiger partial charge is 0.481 e. The van der Waals surface area contributed by atoms with Gasteiger partial charge >= 0.3 is 5.97 Å². The Morgan fingerprint density at radius 1 is 1.20 bits per heavy atom. The molecule has 2 aliphatic heterocycles. The normalized spacial score (nSPS) is 25.3. The van der Waals surface area contributed by atoms with Crippen molar-refractivity contribution in [3.8, 4) is 0 Å². The summed E-state index contributed by atoms with van der Waals surface area (Å²) in [6.45, 7) is 0.995. The Balaban J connectivity index is 1.77. The van der Waals surface area contributed by atoms with E-state index in [-0.39, 0.29) is 23.3 Å². The molecule has 2 fully saturated rings. The number of likely N-dealkylation sites (tertiary alicyclic amines) is 1. The Kier molecular flexibility index (Phi) is 4.83. The van der Waals surface area contributed by atoms with Gasteiger partial charge in [0.2, 0.25) is 15.9 Å². The molecule has 0 saturated carbocycles. The fourth-order valence-electron chi connectivity index (χ4n) is 3.51. The number of rotatable bonds is 4. The van der Waals surface area contributed by atoms with E-state index in [2.05, 4.69) is 0 Å². The van der Waals surface area contributed by atoms with E-state index in [0.29, 0.717) is 32.4 Å². The summed E-state index contributed by atoms with van der Waals surface area (Å²) < 4.78 is 26.8. The summed E-state index contributed by atoms with van der Waals surface area (Å²) >= 11 is 0. The fourth-order valence-corrected chi connectivity index (χ4v) is 5.03. The summed E-state index contributed by atoms with van der Waals surface area (Å²) in [5.41, 5.74) is 0.943. The lowest BCUT2D eigenvalue weighted by atomic mass is 9.98. The number of hydrogen-bond acceptors (Lipinski definition) is 4. The third-order valence-electron chi connectivity index (χ3n) is 5.06. The number of carbonyl (C=O) groups is 2. The van der Waals surface area contributed by atoms with Crippen LogP contribution in [-0.4, -0.2) is 61.3 Å². The van der Waals surface area contributed by atoms with Crippen LogP contribution in [0.5, 0.6) is 0 Å². The highest BCUT2D eigenvalue weighted by molar-refractivity contribution is 7.89. The van der Waals surface area contributed by atoms with Crippen LogP contribution < -0.4 is 0 Å². The molecule has 0 radical (unpaired) electrons. The molecular formula is C17H22N2O5S. The van der Waals surface area contributed by atoms with Crippen molar-refractivity contribution in [2.24, 2.45) is 5.92 Å².